The number of benzene rings is 4. The Morgan fingerprint density at radius 3 is 2.59 bits per heavy atom. The molecule has 0 N–H and O–H groups in total. The van der Waals surface area contributed by atoms with Crippen LogP contribution in [0.2, 0.25) is 5.02 Å². The Bertz CT molecular complexity index is 2000. The molecule has 6 rings (SSSR count). The fourth-order valence-electron chi connectivity index (χ4n) is 4.30. The summed E-state index contributed by atoms with van der Waals surface area (Å²) in [5.74, 6) is -0.0861. The zero-order chi connectivity index (χ0) is 28.5. The van der Waals surface area contributed by atoms with Gasteiger partial charge in [-0.3, -0.25) is 14.9 Å². The van der Waals surface area contributed by atoms with Crippen molar-refractivity contribution in [1.82, 2.24) is 9.66 Å². The highest BCUT2D eigenvalue weighted by molar-refractivity contribution is 6.32. The van der Waals surface area contributed by atoms with Crippen molar-refractivity contribution >= 4 is 45.4 Å². The number of aromatic nitrogens is 2. The molecule has 0 aliphatic carbocycles. The van der Waals surface area contributed by atoms with Gasteiger partial charge in [-0.1, -0.05) is 54.1 Å². The Kier molecular flexibility index (Phi) is 6.74. The van der Waals surface area contributed by atoms with Crippen LogP contribution in [0.4, 0.5) is 10.1 Å². The standard InChI is InChI=1S/C30H18ClFN4O5/c31-23-13-19(14-25(36(38)39)28(23)40-17-18-9-11-21(32)12-10-18)16-33-35-29(27-15-20-5-1-4-8-26(20)41-27)34-24-7-3-2-6-22(24)30(35)37/h1-16H,17H2. The Balaban J connectivity index is 1.41. The van der Waals surface area contributed by atoms with Gasteiger partial charge in [0.25, 0.3) is 5.56 Å². The van der Waals surface area contributed by atoms with Gasteiger partial charge in [-0.05, 0) is 48.0 Å². The molecule has 0 unspecified atom stereocenters. The average Bonchev–Trinajstić information content (AvgIpc) is 3.41. The first-order valence-electron chi connectivity index (χ1n) is 12.3. The van der Waals surface area contributed by atoms with Gasteiger partial charge in [0.2, 0.25) is 11.6 Å². The topological polar surface area (TPSA) is 113 Å². The third-order valence-electron chi connectivity index (χ3n) is 6.26. The molecule has 41 heavy (non-hydrogen) atoms. The molecule has 0 bridgehead atoms. The summed E-state index contributed by atoms with van der Waals surface area (Å²) in [5, 5.41) is 17.3. The fraction of sp³-hybridized carbons (Fsp3) is 0.0333. The van der Waals surface area contributed by atoms with Crippen LogP contribution in [0.1, 0.15) is 11.1 Å². The van der Waals surface area contributed by atoms with Gasteiger partial charge < -0.3 is 9.15 Å². The van der Waals surface area contributed by atoms with Crippen LogP contribution in [0, 0.1) is 15.9 Å². The number of ether oxygens (including phenoxy) is 1. The lowest BCUT2D eigenvalue weighted by Crippen LogP contribution is -2.20. The van der Waals surface area contributed by atoms with Crippen molar-refractivity contribution in [2.24, 2.45) is 5.10 Å². The van der Waals surface area contributed by atoms with E-state index < -0.39 is 22.0 Å². The molecule has 0 aliphatic heterocycles. The van der Waals surface area contributed by atoms with Gasteiger partial charge in [0.15, 0.2) is 5.76 Å². The third-order valence-corrected chi connectivity index (χ3v) is 6.54. The summed E-state index contributed by atoms with van der Waals surface area (Å²) in [6.07, 6.45) is 1.27. The van der Waals surface area contributed by atoms with E-state index in [9.17, 15) is 19.3 Å². The summed E-state index contributed by atoms with van der Waals surface area (Å²) >= 11 is 6.39. The molecule has 2 heterocycles. The van der Waals surface area contributed by atoms with Crippen LogP contribution in [0.15, 0.2) is 105 Å². The molecule has 0 spiro atoms. The first-order chi connectivity index (χ1) is 19.9. The fourth-order valence-corrected chi connectivity index (χ4v) is 4.57. The van der Waals surface area contributed by atoms with E-state index in [0.717, 1.165) is 10.1 Å². The summed E-state index contributed by atoms with van der Waals surface area (Å²) in [4.78, 5) is 29.4. The van der Waals surface area contributed by atoms with E-state index in [2.05, 4.69) is 10.1 Å². The molecule has 11 heteroatoms. The monoisotopic (exact) mass is 568 g/mol. The molecule has 0 amide bonds. The minimum Gasteiger partial charge on any atom is -0.481 e. The predicted octanol–water partition coefficient (Wildman–Crippen LogP) is 6.97. The zero-order valence-electron chi connectivity index (χ0n) is 21.0. The second-order valence-corrected chi connectivity index (χ2v) is 9.39. The first kappa shape index (κ1) is 25.9. The van der Waals surface area contributed by atoms with E-state index in [1.807, 2.05) is 18.2 Å². The van der Waals surface area contributed by atoms with Crippen molar-refractivity contribution in [3.8, 4) is 17.3 Å². The predicted molar refractivity (Wildman–Crippen MR) is 153 cm³/mol. The molecule has 0 saturated carbocycles. The van der Waals surface area contributed by atoms with Crippen LogP contribution in [0.25, 0.3) is 33.5 Å². The number of halogens is 2. The molecule has 0 radical (unpaired) electrons. The zero-order valence-corrected chi connectivity index (χ0v) is 21.8. The van der Waals surface area contributed by atoms with Gasteiger partial charge >= 0.3 is 5.69 Å². The maximum Gasteiger partial charge on any atom is 0.313 e. The van der Waals surface area contributed by atoms with Crippen molar-refractivity contribution in [2.45, 2.75) is 6.61 Å². The summed E-state index contributed by atoms with van der Waals surface area (Å²) in [7, 11) is 0. The molecule has 202 valence electrons. The number of nitrogens with zero attached hydrogens (tertiary/aromatic N) is 4. The van der Waals surface area contributed by atoms with E-state index in [1.165, 1.54) is 42.6 Å². The summed E-state index contributed by atoms with van der Waals surface area (Å²) < 4.78 is 25.9. The smallest absolute Gasteiger partial charge is 0.313 e. The normalized spacial score (nSPS) is 11.5. The number of nitro groups is 1. The number of furan rings is 1. The molecule has 0 atom stereocenters. The van der Waals surface area contributed by atoms with Crippen LogP contribution >= 0.6 is 11.6 Å². The number of nitro benzene ring substituents is 1. The second-order valence-electron chi connectivity index (χ2n) is 8.99. The van der Waals surface area contributed by atoms with Crippen LogP contribution in [-0.2, 0) is 6.61 Å². The molecule has 9 nitrogen and oxygen atoms in total. The molecule has 0 saturated heterocycles. The first-order valence-corrected chi connectivity index (χ1v) is 12.7. The van der Waals surface area contributed by atoms with E-state index in [-0.39, 0.29) is 28.8 Å². The van der Waals surface area contributed by atoms with Gasteiger partial charge in [0.05, 0.1) is 27.1 Å². The van der Waals surface area contributed by atoms with Gasteiger partial charge in [0.1, 0.15) is 18.0 Å². The number of rotatable bonds is 7. The lowest BCUT2D eigenvalue weighted by molar-refractivity contribution is -0.385. The van der Waals surface area contributed by atoms with E-state index in [0.29, 0.717) is 27.8 Å². The largest absolute Gasteiger partial charge is 0.481 e. The Morgan fingerprint density at radius 2 is 1.80 bits per heavy atom. The van der Waals surface area contributed by atoms with Gasteiger partial charge in [-0.15, -0.1) is 0 Å². The number of fused-ring (bicyclic) bond motifs is 2. The molecule has 4 aromatic carbocycles. The lowest BCUT2D eigenvalue weighted by Gasteiger charge is -2.10. The van der Waals surface area contributed by atoms with E-state index >= 15 is 0 Å². The van der Waals surface area contributed by atoms with Gasteiger partial charge in [-0.25, -0.2) is 9.37 Å². The average molecular weight is 569 g/mol. The van der Waals surface area contributed by atoms with E-state index in [1.54, 1.807) is 36.4 Å². The second kappa shape index (κ2) is 10.7. The molecular formula is C30H18ClFN4O5. The summed E-state index contributed by atoms with van der Waals surface area (Å²) in [6.45, 7) is -0.0622. The highest BCUT2D eigenvalue weighted by Crippen LogP contribution is 2.36. The number of para-hydroxylation sites is 2. The van der Waals surface area contributed by atoms with Crippen molar-refractivity contribution in [3.05, 3.63) is 133 Å². The number of hydrogen-bond donors (Lipinski definition) is 0. The van der Waals surface area contributed by atoms with Crippen molar-refractivity contribution in [2.75, 3.05) is 0 Å². The van der Waals surface area contributed by atoms with Crippen LogP contribution in [-0.4, -0.2) is 20.8 Å². The van der Waals surface area contributed by atoms with Crippen LogP contribution in [0.5, 0.6) is 5.75 Å². The molecule has 0 aliphatic rings. The molecule has 0 fully saturated rings. The highest BCUT2D eigenvalue weighted by Gasteiger charge is 2.21. The minimum atomic E-state index is -0.632. The molecular weight excluding hydrogens is 551 g/mol. The maximum atomic E-state index is 13.5. The maximum absolute atomic E-state index is 13.5. The Labute approximate surface area is 235 Å². The molecule has 2 aromatic heterocycles. The van der Waals surface area contributed by atoms with Gasteiger partial charge in [0, 0.05) is 17.0 Å². The Hall–Kier alpha value is -5.35. The lowest BCUT2D eigenvalue weighted by atomic mass is 10.2. The summed E-state index contributed by atoms with van der Waals surface area (Å²) in [6, 6.07) is 24.1. The number of hydrogen-bond acceptors (Lipinski definition) is 7. The van der Waals surface area contributed by atoms with E-state index in [4.69, 9.17) is 20.8 Å². The SMILES string of the molecule is O=c1c2ccccc2nc(-c2cc3ccccc3o2)n1N=Cc1cc(Cl)c(OCc2ccc(F)cc2)c([N+](=O)[O-])c1. The minimum absolute atomic E-state index is 0.0377. The Morgan fingerprint density at radius 1 is 1.05 bits per heavy atom. The van der Waals surface area contributed by atoms with Crippen molar-refractivity contribution in [1.29, 1.82) is 0 Å². The van der Waals surface area contributed by atoms with Crippen LogP contribution in [0.3, 0.4) is 0 Å². The third kappa shape index (κ3) is 5.15. The van der Waals surface area contributed by atoms with Gasteiger partial charge in [-0.2, -0.15) is 9.78 Å². The van der Waals surface area contributed by atoms with Crippen LogP contribution < -0.4 is 10.3 Å². The highest BCUT2D eigenvalue weighted by atomic mass is 35.5. The van der Waals surface area contributed by atoms with Crippen molar-refractivity contribution in [3.63, 3.8) is 0 Å². The quantitative estimate of drug-likeness (QED) is 0.117. The molecule has 6 aromatic rings. The summed E-state index contributed by atoms with van der Waals surface area (Å²) in [5.41, 5.74) is 1.06. The van der Waals surface area contributed by atoms with Crippen molar-refractivity contribution < 1.29 is 18.5 Å².